The molecular weight excluding hydrogens is 220 g/mol. The van der Waals surface area contributed by atoms with Crippen molar-refractivity contribution in [3.63, 3.8) is 0 Å². The number of nitrogens with zero attached hydrogens (tertiary/aromatic N) is 4. The van der Waals surface area contributed by atoms with Gasteiger partial charge in [0.2, 0.25) is 0 Å². The van der Waals surface area contributed by atoms with E-state index in [-0.39, 0.29) is 6.61 Å². The summed E-state index contributed by atoms with van der Waals surface area (Å²) in [6, 6.07) is 7.53. The van der Waals surface area contributed by atoms with Crippen molar-refractivity contribution in [3.05, 3.63) is 29.8 Å². The van der Waals surface area contributed by atoms with E-state index in [1.165, 1.54) is 0 Å². The zero-order valence-corrected chi connectivity index (χ0v) is 9.16. The molecule has 0 aliphatic heterocycles. The first-order valence-corrected chi connectivity index (χ1v) is 5.12. The van der Waals surface area contributed by atoms with Crippen LogP contribution < -0.4 is 4.74 Å². The Morgan fingerprint density at radius 1 is 1.41 bits per heavy atom. The Morgan fingerprint density at radius 3 is 3.06 bits per heavy atom. The molecule has 2 heterocycles. The SMILES string of the molecule is COc1cccc2cc(CO)c3nnnn3c12. The van der Waals surface area contributed by atoms with E-state index in [1.807, 2.05) is 24.3 Å². The van der Waals surface area contributed by atoms with Gasteiger partial charge in [-0.3, -0.25) is 0 Å². The van der Waals surface area contributed by atoms with E-state index in [0.717, 1.165) is 10.9 Å². The van der Waals surface area contributed by atoms with Gasteiger partial charge >= 0.3 is 0 Å². The molecule has 0 saturated heterocycles. The molecule has 3 rings (SSSR count). The maximum absolute atomic E-state index is 9.30. The number of fused-ring (bicyclic) bond motifs is 3. The van der Waals surface area contributed by atoms with Crippen molar-refractivity contribution in [1.29, 1.82) is 0 Å². The molecule has 0 atom stereocenters. The lowest BCUT2D eigenvalue weighted by Crippen LogP contribution is -1.98. The summed E-state index contributed by atoms with van der Waals surface area (Å²) < 4.78 is 6.88. The van der Waals surface area contributed by atoms with Crippen LogP contribution in [0.5, 0.6) is 5.75 Å². The van der Waals surface area contributed by atoms with E-state index >= 15 is 0 Å². The average molecular weight is 230 g/mol. The number of hydrogen-bond acceptors (Lipinski definition) is 5. The molecule has 0 saturated carbocycles. The van der Waals surface area contributed by atoms with Crippen molar-refractivity contribution in [2.45, 2.75) is 6.61 Å². The third kappa shape index (κ3) is 1.34. The zero-order chi connectivity index (χ0) is 11.8. The number of hydrogen-bond donors (Lipinski definition) is 1. The number of aliphatic hydroxyl groups is 1. The third-order valence-electron chi connectivity index (χ3n) is 2.72. The molecule has 6 nitrogen and oxygen atoms in total. The van der Waals surface area contributed by atoms with Gasteiger partial charge in [0, 0.05) is 10.9 Å². The Hall–Kier alpha value is -2.21. The Bertz CT molecular complexity index is 692. The number of ether oxygens (including phenoxy) is 1. The van der Waals surface area contributed by atoms with E-state index in [0.29, 0.717) is 17.0 Å². The van der Waals surface area contributed by atoms with Crippen LogP contribution in [0.15, 0.2) is 24.3 Å². The molecule has 2 aromatic heterocycles. The van der Waals surface area contributed by atoms with Crippen LogP contribution in [0.4, 0.5) is 0 Å². The van der Waals surface area contributed by atoms with Crippen LogP contribution in [-0.4, -0.2) is 32.3 Å². The molecule has 0 unspecified atom stereocenters. The Kier molecular flexibility index (Phi) is 2.15. The number of benzene rings is 1. The van der Waals surface area contributed by atoms with Gasteiger partial charge in [-0.05, 0) is 22.6 Å². The summed E-state index contributed by atoms with van der Waals surface area (Å²) >= 11 is 0. The first-order chi connectivity index (χ1) is 8.35. The van der Waals surface area contributed by atoms with Crippen molar-refractivity contribution in [3.8, 4) is 5.75 Å². The van der Waals surface area contributed by atoms with Gasteiger partial charge in [-0.15, -0.1) is 5.10 Å². The molecule has 6 heteroatoms. The van der Waals surface area contributed by atoms with Crippen LogP contribution in [0, 0.1) is 0 Å². The number of pyridine rings is 1. The van der Waals surface area contributed by atoms with Gasteiger partial charge in [0.15, 0.2) is 5.65 Å². The quantitative estimate of drug-likeness (QED) is 0.704. The minimum absolute atomic E-state index is 0.100. The van der Waals surface area contributed by atoms with Gasteiger partial charge in [0.25, 0.3) is 0 Å². The topological polar surface area (TPSA) is 72.5 Å². The van der Waals surface area contributed by atoms with Crippen molar-refractivity contribution in [1.82, 2.24) is 20.0 Å². The standard InChI is InChI=1S/C11H10N4O2/c1-17-9-4-2-3-7-5-8(6-16)11-12-13-14-15(11)10(7)9/h2-5,16H,6H2,1H3. The summed E-state index contributed by atoms with van der Waals surface area (Å²) in [6.45, 7) is -0.100. The lowest BCUT2D eigenvalue weighted by atomic mass is 10.1. The number of methoxy groups -OCH3 is 1. The molecule has 17 heavy (non-hydrogen) atoms. The molecular formula is C11H10N4O2. The summed E-state index contributed by atoms with van der Waals surface area (Å²) in [6.07, 6.45) is 0. The normalized spacial score (nSPS) is 11.2. The molecule has 0 fully saturated rings. The highest BCUT2D eigenvalue weighted by Gasteiger charge is 2.12. The van der Waals surface area contributed by atoms with Gasteiger partial charge in [0.1, 0.15) is 11.3 Å². The lowest BCUT2D eigenvalue weighted by Gasteiger charge is -2.07. The molecule has 0 radical (unpaired) electrons. The Morgan fingerprint density at radius 2 is 2.29 bits per heavy atom. The first-order valence-electron chi connectivity index (χ1n) is 5.12. The fourth-order valence-electron chi connectivity index (χ4n) is 1.95. The summed E-state index contributed by atoms with van der Waals surface area (Å²) in [5, 5.41) is 21.7. The van der Waals surface area contributed by atoms with Crippen molar-refractivity contribution >= 4 is 16.6 Å². The monoisotopic (exact) mass is 230 g/mol. The number of aliphatic hydroxyl groups excluding tert-OH is 1. The largest absolute Gasteiger partial charge is 0.494 e. The van der Waals surface area contributed by atoms with Gasteiger partial charge in [0.05, 0.1) is 13.7 Å². The van der Waals surface area contributed by atoms with Crippen LogP contribution in [0.25, 0.3) is 16.6 Å². The Balaban J connectivity index is 2.54. The second kappa shape index (κ2) is 3.67. The molecule has 0 aliphatic carbocycles. The highest BCUT2D eigenvalue weighted by Crippen LogP contribution is 2.27. The Labute approximate surface area is 96.4 Å². The van der Waals surface area contributed by atoms with Crippen molar-refractivity contribution < 1.29 is 9.84 Å². The highest BCUT2D eigenvalue weighted by atomic mass is 16.5. The minimum atomic E-state index is -0.100. The first kappa shape index (κ1) is 9.98. The second-order valence-corrected chi connectivity index (χ2v) is 3.64. The van der Waals surface area contributed by atoms with Crippen LogP contribution in [0.1, 0.15) is 5.56 Å². The predicted molar refractivity (Wildman–Crippen MR) is 60.8 cm³/mol. The minimum Gasteiger partial charge on any atom is -0.494 e. The maximum Gasteiger partial charge on any atom is 0.185 e. The van der Waals surface area contributed by atoms with Crippen LogP contribution in [0.2, 0.25) is 0 Å². The fourth-order valence-corrected chi connectivity index (χ4v) is 1.95. The van der Waals surface area contributed by atoms with Crippen LogP contribution in [-0.2, 0) is 6.61 Å². The third-order valence-corrected chi connectivity index (χ3v) is 2.72. The molecule has 0 amide bonds. The number of para-hydroxylation sites is 1. The molecule has 1 aromatic carbocycles. The summed E-state index contributed by atoms with van der Waals surface area (Å²) in [4.78, 5) is 0. The lowest BCUT2D eigenvalue weighted by molar-refractivity contribution is 0.283. The van der Waals surface area contributed by atoms with E-state index < -0.39 is 0 Å². The van der Waals surface area contributed by atoms with E-state index in [4.69, 9.17) is 4.74 Å². The zero-order valence-electron chi connectivity index (χ0n) is 9.16. The molecule has 1 N–H and O–H groups in total. The van der Waals surface area contributed by atoms with Crippen LogP contribution >= 0.6 is 0 Å². The van der Waals surface area contributed by atoms with Crippen LogP contribution in [0.3, 0.4) is 0 Å². The molecule has 0 spiro atoms. The van der Waals surface area contributed by atoms with Gasteiger partial charge in [-0.25, -0.2) is 0 Å². The predicted octanol–water partition coefficient (Wildman–Crippen LogP) is 0.778. The van der Waals surface area contributed by atoms with E-state index in [2.05, 4.69) is 15.5 Å². The van der Waals surface area contributed by atoms with Crippen molar-refractivity contribution in [2.24, 2.45) is 0 Å². The second-order valence-electron chi connectivity index (χ2n) is 3.64. The van der Waals surface area contributed by atoms with Crippen molar-refractivity contribution in [2.75, 3.05) is 7.11 Å². The maximum atomic E-state index is 9.30. The van der Waals surface area contributed by atoms with Gasteiger partial charge in [-0.2, -0.15) is 4.52 Å². The number of rotatable bonds is 2. The van der Waals surface area contributed by atoms with E-state index in [9.17, 15) is 5.11 Å². The number of tetrazole rings is 1. The fraction of sp³-hybridized carbons (Fsp3) is 0.182. The smallest absolute Gasteiger partial charge is 0.185 e. The molecule has 86 valence electrons. The highest BCUT2D eigenvalue weighted by molar-refractivity contribution is 5.88. The molecule has 0 bridgehead atoms. The summed E-state index contributed by atoms with van der Waals surface area (Å²) in [7, 11) is 1.60. The molecule has 3 aromatic rings. The van der Waals surface area contributed by atoms with Gasteiger partial charge in [-0.1, -0.05) is 12.1 Å². The van der Waals surface area contributed by atoms with E-state index in [1.54, 1.807) is 11.6 Å². The summed E-state index contributed by atoms with van der Waals surface area (Å²) in [5.74, 6) is 0.698. The average Bonchev–Trinajstić information content (AvgIpc) is 2.86. The van der Waals surface area contributed by atoms with Gasteiger partial charge < -0.3 is 9.84 Å². The summed E-state index contributed by atoms with van der Waals surface area (Å²) in [5.41, 5.74) is 2.03. The molecule has 0 aliphatic rings. The number of aromatic nitrogens is 4.